The second-order valence-corrected chi connectivity index (χ2v) is 4.61. The summed E-state index contributed by atoms with van der Waals surface area (Å²) in [6.45, 7) is 2.12. The summed E-state index contributed by atoms with van der Waals surface area (Å²) < 4.78 is 5.62. The van der Waals surface area contributed by atoms with E-state index in [1.165, 1.54) is 12.1 Å². The zero-order chi connectivity index (χ0) is 15.4. The minimum absolute atomic E-state index is 0.00234. The fraction of sp³-hybridized carbons (Fsp3) is 0.133. The van der Waals surface area contributed by atoms with Gasteiger partial charge in [0, 0.05) is 11.6 Å². The zero-order valence-electron chi connectivity index (χ0n) is 11.5. The van der Waals surface area contributed by atoms with Gasteiger partial charge in [-0.25, -0.2) is 0 Å². The second-order valence-electron chi connectivity index (χ2n) is 4.61. The molecule has 21 heavy (non-hydrogen) atoms. The van der Waals surface area contributed by atoms with Crippen LogP contribution in [0.3, 0.4) is 0 Å². The number of aryl methyl sites for hydroxylation is 1. The standard InChI is InChI=1S/C15H15N3O3/c1-10-2-7-13(18(19)20)8-14(10)21-9-11-3-5-12(6-4-11)15(16)17/h2-8H,9H2,1H3,(H3,16,17). The lowest BCUT2D eigenvalue weighted by atomic mass is 10.1. The first-order valence-corrected chi connectivity index (χ1v) is 6.28. The summed E-state index contributed by atoms with van der Waals surface area (Å²) in [6, 6.07) is 11.6. The number of nitro groups is 1. The highest BCUT2D eigenvalue weighted by Gasteiger charge is 2.09. The Hall–Kier alpha value is -2.89. The van der Waals surface area contributed by atoms with Gasteiger partial charge in [-0.3, -0.25) is 15.5 Å². The van der Waals surface area contributed by atoms with Crippen molar-refractivity contribution in [2.45, 2.75) is 13.5 Å². The summed E-state index contributed by atoms with van der Waals surface area (Å²) in [4.78, 5) is 10.3. The molecule has 6 nitrogen and oxygen atoms in total. The van der Waals surface area contributed by atoms with Gasteiger partial charge in [-0.2, -0.15) is 0 Å². The fourth-order valence-corrected chi connectivity index (χ4v) is 1.80. The molecular weight excluding hydrogens is 270 g/mol. The van der Waals surface area contributed by atoms with Gasteiger partial charge in [0.15, 0.2) is 0 Å². The molecule has 0 saturated heterocycles. The number of nitrogen functional groups attached to an aromatic ring is 1. The van der Waals surface area contributed by atoms with E-state index in [4.69, 9.17) is 15.9 Å². The predicted molar refractivity (Wildman–Crippen MR) is 79.6 cm³/mol. The summed E-state index contributed by atoms with van der Waals surface area (Å²) in [5.74, 6) is 0.497. The van der Waals surface area contributed by atoms with E-state index < -0.39 is 4.92 Å². The van der Waals surface area contributed by atoms with Crippen molar-refractivity contribution in [3.8, 4) is 5.75 Å². The Morgan fingerprint density at radius 3 is 2.52 bits per heavy atom. The average molecular weight is 285 g/mol. The van der Waals surface area contributed by atoms with Crippen LogP contribution in [-0.4, -0.2) is 10.8 Å². The van der Waals surface area contributed by atoms with Crippen LogP contribution < -0.4 is 10.5 Å². The fourth-order valence-electron chi connectivity index (χ4n) is 1.80. The molecule has 0 heterocycles. The molecule has 0 bridgehead atoms. The lowest BCUT2D eigenvalue weighted by Gasteiger charge is -2.09. The van der Waals surface area contributed by atoms with Crippen molar-refractivity contribution in [2.24, 2.45) is 5.73 Å². The number of nitro benzene ring substituents is 1. The number of non-ortho nitro benzene ring substituents is 1. The van der Waals surface area contributed by atoms with Crippen LogP contribution >= 0.6 is 0 Å². The second kappa shape index (κ2) is 6.04. The van der Waals surface area contributed by atoms with Gasteiger partial charge < -0.3 is 10.5 Å². The lowest BCUT2D eigenvalue weighted by Crippen LogP contribution is -2.10. The lowest BCUT2D eigenvalue weighted by molar-refractivity contribution is -0.385. The number of hydrogen-bond donors (Lipinski definition) is 2. The third-order valence-corrected chi connectivity index (χ3v) is 3.04. The van der Waals surface area contributed by atoms with Crippen LogP contribution in [0.1, 0.15) is 16.7 Å². The SMILES string of the molecule is Cc1ccc([N+](=O)[O-])cc1OCc1ccc(C(=N)N)cc1. The summed E-state index contributed by atoms with van der Waals surface area (Å²) in [5.41, 5.74) is 7.76. The summed E-state index contributed by atoms with van der Waals surface area (Å²) in [7, 11) is 0. The number of nitrogens with one attached hydrogen (secondary N) is 1. The van der Waals surface area contributed by atoms with E-state index in [2.05, 4.69) is 0 Å². The molecule has 108 valence electrons. The highest BCUT2D eigenvalue weighted by atomic mass is 16.6. The number of amidine groups is 1. The number of nitrogens with zero attached hydrogens (tertiary/aromatic N) is 1. The Morgan fingerprint density at radius 2 is 1.95 bits per heavy atom. The normalized spacial score (nSPS) is 10.1. The van der Waals surface area contributed by atoms with E-state index in [9.17, 15) is 10.1 Å². The van der Waals surface area contributed by atoms with Crippen molar-refractivity contribution in [2.75, 3.05) is 0 Å². The van der Waals surface area contributed by atoms with E-state index in [-0.39, 0.29) is 11.5 Å². The van der Waals surface area contributed by atoms with Crippen LogP contribution in [0, 0.1) is 22.4 Å². The van der Waals surface area contributed by atoms with E-state index in [1.54, 1.807) is 18.2 Å². The van der Waals surface area contributed by atoms with Crippen molar-refractivity contribution in [3.05, 3.63) is 69.3 Å². The molecule has 0 saturated carbocycles. The monoisotopic (exact) mass is 285 g/mol. The predicted octanol–water partition coefficient (Wildman–Crippen LogP) is 2.77. The molecule has 2 aromatic rings. The third kappa shape index (κ3) is 3.56. The molecule has 0 unspecified atom stereocenters. The van der Waals surface area contributed by atoms with Gasteiger partial charge in [0.05, 0.1) is 11.0 Å². The van der Waals surface area contributed by atoms with Gasteiger partial charge in [0.2, 0.25) is 0 Å². The van der Waals surface area contributed by atoms with Gasteiger partial charge in [0.25, 0.3) is 5.69 Å². The van der Waals surface area contributed by atoms with E-state index in [1.807, 2.05) is 19.1 Å². The van der Waals surface area contributed by atoms with Gasteiger partial charge in [0.1, 0.15) is 18.2 Å². The van der Waals surface area contributed by atoms with Crippen molar-refractivity contribution < 1.29 is 9.66 Å². The number of rotatable bonds is 5. The molecule has 3 N–H and O–H groups in total. The van der Waals surface area contributed by atoms with E-state index in [0.29, 0.717) is 17.9 Å². The minimum atomic E-state index is -0.450. The maximum Gasteiger partial charge on any atom is 0.273 e. The molecule has 0 atom stereocenters. The van der Waals surface area contributed by atoms with E-state index >= 15 is 0 Å². The topological polar surface area (TPSA) is 102 Å². The largest absolute Gasteiger partial charge is 0.488 e. The smallest absolute Gasteiger partial charge is 0.273 e. The number of nitrogens with two attached hydrogens (primary N) is 1. The molecule has 2 aromatic carbocycles. The molecular formula is C15H15N3O3. The molecule has 2 rings (SSSR count). The first-order valence-electron chi connectivity index (χ1n) is 6.28. The van der Waals surface area contributed by atoms with Crippen molar-refractivity contribution in [1.82, 2.24) is 0 Å². The molecule has 0 aliphatic carbocycles. The summed E-state index contributed by atoms with van der Waals surface area (Å²) in [5, 5.41) is 18.1. The highest BCUT2D eigenvalue weighted by Crippen LogP contribution is 2.24. The van der Waals surface area contributed by atoms with Crippen LogP contribution in [0.25, 0.3) is 0 Å². The van der Waals surface area contributed by atoms with Gasteiger partial charge in [-0.05, 0) is 24.1 Å². The molecule has 0 fully saturated rings. The minimum Gasteiger partial charge on any atom is -0.488 e. The first-order chi connectivity index (χ1) is 9.97. The zero-order valence-corrected chi connectivity index (χ0v) is 11.5. The maximum atomic E-state index is 10.8. The molecule has 6 heteroatoms. The number of hydrogen-bond acceptors (Lipinski definition) is 4. The van der Waals surface area contributed by atoms with Crippen LogP contribution in [0.5, 0.6) is 5.75 Å². The molecule has 0 aliphatic heterocycles. The Balaban J connectivity index is 2.10. The van der Waals surface area contributed by atoms with Crippen LogP contribution in [0.15, 0.2) is 42.5 Å². The molecule has 0 radical (unpaired) electrons. The van der Waals surface area contributed by atoms with Gasteiger partial charge in [-0.1, -0.05) is 24.3 Å². The summed E-state index contributed by atoms with van der Waals surface area (Å²) in [6.07, 6.45) is 0. The van der Waals surface area contributed by atoms with Gasteiger partial charge >= 0.3 is 0 Å². The van der Waals surface area contributed by atoms with Crippen LogP contribution in [0.2, 0.25) is 0 Å². The Bertz CT molecular complexity index is 681. The maximum absolute atomic E-state index is 10.8. The molecule has 0 aliphatic rings. The highest BCUT2D eigenvalue weighted by molar-refractivity contribution is 5.94. The average Bonchev–Trinajstić information content (AvgIpc) is 2.46. The third-order valence-electron chi connectivity index (χ3n) is 3.04. The van der Waals surface area contributed by atoms with E-state index in [0.717, 1.165) is 11.1 Å². The van der Waals surface area contributed by atoms with Crippen molar-refractivity contribution in [1.29, 1.82) is 5.41 Å². The van der Waals surface area contributed by atoms with Gasteiger partial charge in [-0.15, -0.1) is 0 Å². The van der Waals surface area contributed by atoms with Crippen LogP contribution in [-0.2, 0) is 6.61 Å². The number of benzene rings is 2. The summed E-state index contributed by atoms with van der Waals surface area (Å²) >= 11 is 0. The molecule has 0 spiro atoms. The molecule has 0 amide bonds. The number of ether oxygens (including phenoxy) is 1. The Labute approximate surface area is 121 Å². The molecule has 0 aromatic heterocycles. The van der Waals surface area contributed by atoms with Crippen molar-refractivity contribution in [3.63, 3.8) is 0 Å². The Kier molecular flexibility index (Phi) is 4.18. The first kappa shape index (κ1) is 14.5. The van der Waals surface area contributed by atoms with Crippen molar-refractivity contribution >= 4 is 11.5 Å². The van der Waals surface area contributed by atoms with Crippen LogP contribution in [0.4, 0.5) is 5.69 Å². The Morgan fingerprint density at radius 1 is 1.29 bits per heavy atom. The quantitative estimate of drug-likeness (QED) is 0.381.